The summed E-state index contributed by atoms with van der Waals surface area (Å²) in [6, 6.07) is 0. The Morgan fingerprint density at radius 1 is 1.53 bits per heavy atom. The van der Waals surface area contributed by atoms with Crippen LogP contribution in [0.5, 0.6) is 0 Å². The number of H-pyrrole nitrogens is 1. The summed E-state index contributed by atoms with van der Waals surface area (Å²) in [4.78, 5) is 14.1. The number of aromatic nitrogens is 2. The smallest absolute Gasteiger partial charge is 0.276 e. The van der Waals surface area contributed by atoms with Crippen LogP contribution < -0.4 is 5.73 Å². The number of anilines is 1. The number of hydrogen-bond donors (Lipinski definition) is 2. The fourth-order valence-corrected chi connectivity index (χ4v) is 2.81. The first-order valence-corrected chi connectivity index (χ1v) is 7.09. The van der Waals surface area contributed by atoms with Crippen molar-refractivity contribution in [3.63, 3.8) is 0 Å². The van der Waals surface area contributed by atoms with Gasteiger partial charge in [-0.3, -0.25) is 9.89 Å². The molecular formula is C11H18N4OS. The number of nitrogen functional groups attached to an aromatic ring is 1. The maximum absolute atomic E-state index is 12.3. The van der Waals surface area contributed by atoms with Crippen LogP contribution in [-0.2, 0) is 6.42 Å². The summed E-state index contributed by atoms with van der Waals surface area (Å²) in [5.74, 6) is 2.08. The fraction of sp³-hybridized carbons (Fsp3) is 0.636. The Morgan fingerprint density at radius 2 is 2.35 bits per heavy atom. The first kappa shape index (κ1) is 12.3. The summed E-state index contributed by atoms with van der Waals surface area (Å²) in [6.07, 6.45) is 1.81. The van der Waals surface area contributed by atoms with Gasteiger partial charge in [-0.1, -0.05) is 6.92 Å². The Kier molecular flexibility index (Phi) is 3.93. The van der Waals surface area contributed by atoms with Crippen molar-refractivity contribution in [2.24, 2.45) is 0 Å². The zero-order chi connectivity index (χ0) is 12.3. The predicted molar refractivity (Wildman–Crippen MR) is 70.2 cm³/mol. The third-order valence-electron chi connectivity index (χ3n) is 2.95. The van der Waals surface area contributed by atoms with Crippen molar-refractivity contribution in [3.8, 4) is 0 Å². The van der Waals surface area contributed by atoms with E-state index < -0.39 is 0 Å². The zero-order valence-electron chi connectivity index (χ0n) is 10.0. The van der Waals surface area contributed by atoms with Gasteiger partial charge in [0.1, 0.15) is 0 Å². The van der Waals surface area contributed by atoms with Gasteiger partial charge < -0.3 is 10.6 Å². The van der Waals surface area contributed by atoms with Gasteiger partial charge in [-0.25, -0.2) is 0 Å². The number of nitrogens with zero attached hydrogens (tertiary/aromatic N) is 2. The number of carbonyl (C=O) groups is 1. The number of carbonyl (C=O) groups excluding carboxylic acids is 1. The number of aryl methyl sites for hydroxylation is 1. The molecule has 1 amide bonds. The molecule has 0 atom stereocenters. The average Bonchev–Trinajstić information content (AvgIpc) is 2.57. The quantitative estimate of drug-likeness (QED) is 0.829. The van der Waals surface area contributed by atoms with E-state index >= 15 is 0 Å². The molecule has 0 radical (unpaired) electrons. The summed E-state index contributed by atoms with van der Waals surface area (Å²) < 4.78 is 0. The lowest BCUT2D eigenvalue weighted by molar-refractivity contribution is 0.0763. The van der Waals surface area contributed by atoms with Crippen molar-refractivity contribution < 1.29 is 4.79 Å². The van der Waals surface area contributed by atoms with Crippen LogP contribution in [0.1, 0.15) is 29.5 Å². The van der Waals surface area contributed by atoms with E-state index in [1.165, 1.54) is 0 Å². The number of thioether (sulfide) groups is 1. The highest BCUT2D eigenvalue weighted by Gasteiger charge is 2.23. The molecule has 0 spiro atoms. The molecular weight excluding hydrogens is 236 g/mol. The second-order valence-electron chi connectivity index (χ2n) is 4.08. The van der Waals surface area contributed by atoms with Gasteiger partial charge in [0.25, 0.3) is 5.91 Å². The lowest BCUT2D eigenvalue weighted by Gasteiger charge is -2.18. The SMILES string of the molecule is CCc1[nH]nc(C(=O)N2CCCSCC2)c1N. The van der Waals surface area contributed by atoms with Gasteiger partial charge in [0, 0.05) is 18.8 Å². The Labute approximate surface area is 105 Å². The van der Waals surface area contributed by atoms with Crippen molar-refractivity contribution >= 4 is 23.4 Å². The first-order chi connectivity index (χ1) is 8.24. The van der Waals surface area contributed by atoms with Crippen LogP contribution in [0.4, 0.5) is 5.69 Å². The third kappa shape index (κ3) is 2.57. The number of rotatable bonds is 2. The normalized spacial score (nSPS) is 16.9. The molecule has 2 rings (SSSR count). The highest BCUT2D eigenvalue weighted by molar-refractivity contribution is 7.99. The molecule has 1 aromatic heterocycles. The zero-order valence-corrected chi connectivity index (χ0v) is 10.8. The maximum Gasteiger partial charge on any atom is 0.276 e. The van der Waals surface area contributed by atoms with Gasteiger partial charge in [-0.05, 0) is 18.6 Å². The minimum atomic E-state index is -0.0408. The molecule has 1 aromatic rings. The van der Waals surface area contributed by atoms with E-state index in [1.54, 1.807) is 0 Å². The number of hydrogen-bond acceptors (Lipinski definition) is 4. The summed E-state index contributed by atoms with van der Waals surface area (Å²) in [7, 11) is 0. The Hall–Kier alpha value is -1.17. The number of nitrogens with one attached hydrogen (secondary N) is 1. The van der Waals surface area contributed by atoms with Crippen molar-refractivity contribution in [2.45, 2.75) is 19.8 Å². The van der Waals surface area contributed by atoms with Crippen LogP contribution in [0, 0.1) is 0 Å². The summed E-state index contributed by atoms with van der Waals surface area (Å²) in [5.41, 5.74) is 7.65. The summed E-state index contributed by atoms with van der Waals surface area (Å²) >= 11 is 1.89. The molecule has 0 aliphatic carbocycles. The minimum absolute atomic E-state index is 0.0408. The van der Waals surface area contributed by atoms with E-state index in [1.807, 2.05) is 23.6 Å². The van der Waals surface area contributed by atoms with Crippen molar-refractivity contribution in [1.29, 1.82) is 0 Å². The number of amides is 1. The average molecular weight is 254 g/mol. The van der Waals surface area contributed by atoms with Crippen molar-refractivity contribution in [3.05, 3.63) is 11.4 Å². The predicted octanol–water partition coefficient (Wildman–Crippen LogP) is 1.13. The maximum atomic E-state index is 12.3. The minimum Gasteiger partial charge on any atom is -0.395 e. The second-order valence-corrected chi connectivity index (χ2v) is 5.30. The number of nitrogens with two attached hydrogens (primary N) is 1. The molecule has 1 fully saturated rings. The van der Waals surface area contributed by atoms with Gasteiger partial charge in [-0.2, -0.15) is 16.9 Å². The molecule has 0 saturated carbocycles. The third-order valence-corrected chi connectivity index (χ3v) is 4.00. The van der Waals surface area contributed by atoms with Crippen LogP contribution >= 0.6 is 11.8 Å². The van der Waals surface area contributed by atoms with Crippen LogP contribution in [0.2, 0.25) is 0 Å². The van der Waals surface area contributed by atoms with Crippen LogP contribution in [0.25, 0.3) is 0 Å². The molecule has 1 saturated heterocycles. The topological polar surface area (TPSA) is 75.0 Å². The molecule has 0 unspecified atom stereocenters. The summed E-state index contributed by atoms with van der Waals surface area (Å²) in [5, 5.41) is 6.88. The first-order valence-electron chi connectivity index (χ1n) is 5.93. The van der Waals surface area contributed by atoms with E-state index in [0.29, 0.717) is 11.4 Å². The summed E-state index contributed by atoms with van der Waals surface area (Å²) in [6.45, 7) is 3.58. The molecule has 2 heterocycles. The van der Waals surface area contributed by atoms with E-state index in [4.69, 9.17) is 5.73 Å². The van der Waals surface area contributed by atoms with E-state index in [2.05, 4.69) is 10.2 Å². The molecule has 17 heavy (non-hydrogen) atoms. The standard InChI is InChI=1S/C11H18N4OS/c1-2-8-9(12)10(14-13-8)11(16)15-4-3-6-17-7-5-15/h2-7,12H2,1H3,(H,13,14). The lowest BCUT2D eigenvalue weighted by Crippen LogP contribution is -2.33. The van der Waals surface area contributed by atoms with Crippen LogP contribution in [0.15, 0.2) is 0 Å². The highest BCUT2D eigenvalue weighted by Crippen LogP contribution is 2.18. The molecule has 5 nitrogen and oxygen atoms in total. The van der Waals surface area contributed by atoms with E-state index in [0.717, 1.165) is 43.1 Å². The van der Waals surface area contributed by atoms with Crippen LogP contribution in [0.3, 0.4) is 0 Å². The fourth-order valence-electron chi connectivity index (χ4n) is 1.92. The molecule has 94 valence electrons. The number of aromatic amines is 1. The Bertz CT molecular complexity index is 396. The van der Waals surface area contributed by atoms with Gasteiger partial charge in [0.05, 0.1) is 11.4 Å². The lowest BCUT2D eigenvalue weighted by atomic mass is 10.2. The Balaban J connectivity index is 2.14. The molecule has 6 heteroatoms. The second kappa shape index (κ2) is 5.44. The van der Waals surface area contributed by atoms with Crippen molar-refractivity contribution in [2.75, 3.05) is 30.3 Å². The van der Waals surface area contributed by atoms with E-state index in [-0.39, 0.29) is 5.91 Å². The van der Waals surface area contributed by atoms with Gasteiger partial charge in [0.2, 0.25) is 0 Å². The molecule has 1 aliphatic rings. The monoisotopic (exact) mass is 254 g/mol. The van der Waals surface area contributed by atoms with E-state index in [9.17, 15) is 4.79 Å². The molecule has 1 aliphatic heterocycles. The van der Waals surface area contributed by atoms with Crippen LogP contribution in [-0.4, -0.2) is 45.6 Å². The van der Waals surface area contributed by atoms with Gasteiger partial charge >= 0.3 is 0 Å². The largest absolute Gasteiger partial charge is 0.395 e. The van der Waals surface area contributed by atoms with Gasteiger partial charge in [0.15, 0.2) is 5.69 Å². The van der Waals surface area contributed by atoms with Crippen molar-refractivity contribution in [1.82, 2.24) is 15.1 Å². The molecule has 0 aromatic carbocycles. The molecule has 3 N–H and O–H groups in total. The molecule has 0 bridgehead atoms. The van der Waals surface area contributed by atoms with Gasteiger partial charge in [-0.15, -0.1) is 0 Å². The highest BCUT2D eigenvalue weighted by atomic mass is 32.2. The Morgan fingerprint density at radius 3 is 3.06 bits per heavy atom.